The molecule has 0 radical (unpaired) electrons. The zero-order valence-corrected chi connectivity index (χ0v) is 6.64. The quantitative estimate of drug-likeness (QED) is 0.543. The fourth-order valence-electron chi connectivity index (χ4n) is 1.71. The summed E-state index contributed by atoms with van der Waals surface area (Å²) in [7, 11) is 0. The fraction of sp³-hybridized carbons (Fsp3) is 0.333. The summed E-state index contributed by atoms with van der Waals surface area (Å²) >= 11 is 0. The molecule has 12 heavy (non-hydrogen) atoms. The Labute approximate surface area is 74.9 Å². The molecule has 1 aliphatic carbocycles. The van der Waals surface area contributed by atoms with E-state index in [0.29, 0.717) is 0 Å². The maximum atomic E-state index is 4.06. The third-order valence-corrected chi connectivity index (χ3v) is 2.32. The zero-order chi connectivity index (χ0) is 7.68. The Bertz CT molecular complexity index is 284. The molecule has 0 unspecified atom stereocenters. The van der Waals surface area contributed by atoms with Crippen LogP contribution in [0.25, 0.3) is 5.57 Å². The average Bonchev–Trinajstić information content (AvgIpc) is 2.06. The molecule has 0 nitrogen and oxygen atoms in total. The molecule has 1 aromatic carbocycles. The lowest BCUT2D eigenvalue weighted by molar-refractivity contribution is 0.823. The van der Waals surface area contributed by atoms with Crippen molar-refractivity contribution in [1.82, 2.24) is 0 Å². The lowest BCUT2D eigenvalue weighted by atomic mass is 9.88. The molecule has 0 bridgehead atoms. The van der Waals surface area contributed by atoms with E-state index in [9.17, 15) is 0 Å². The fourth-order valence-corrected chi connectivity index (χ4v) is 1.71. The van der Waals surface area contributed by atoms with Gasteiger partial charge in [-0.1, -0.05) is 38.3 Å². The predicted molar refractivity (Wildman–Crippen MR) is 55.1 cm³/mol. The van der Waals surface area contributed by atoms with Gasteiger partial charge in [0.15, 0.2) is 0 Å². The minimum atomic E-state index is 0. The van der Waals surface area contributed by atoms with Crippen molar-refractivity contribution in [3.05, 3.63) is 42.0 Å². The standard InChI is InChI=1S/C11H12.CH4/c1-9-5-4-7-10-6-2-3-8-11(9)10;/h2-3,6,8H,1,4-5,7H2;1H4. The second-order valence-corrected chi connectivity index (χ2v) is 3.11. The van der Waals surface area contributed by atoms with Gasteiger partial charge in [-0.05, 0) is 36.0 Å². The number of hydrogen-bond acceptors (Lipinski definition) is 0. The van der Waals surface area contributed by atoms with E-state index in [2.05, 4.69) is 30.8 Å². The topological polar surface area (TPSA) is 0 Å². The molecule has 0 N–H and O–H groups in total. The van der Waals surface area contributed by atoms with Crippen molar-refractivity contribution < 1.29 is 0 Å². The van der Waals surface area contributed by atoms with Gasteiger partial charge >= 0.3 is 0 Å². The number of aryl methyl sites for hydroxylation is 1. The van der Waals surface area contributed by atoms with Crippen molar-refractivity contribution in [2.24, 2.45) is 0 Å². The Morgan fingerprint density at radius 1 is 1.08 bits per heavy atom. The van der Waals surface area contributed by atoms with Crippen LogP contribution in [-0.2, 0) is 6.42 Å². The summed E-state index contributed by atoms with van der Waals surface area (Å²) in [4.78, 5) is 0. The minimum absolute atomic E-state index is 0. The van der Waals surface area contributed by atoms with Crippen molar-refractivity contribution in [3.63, 3.8) is 0 Å². The molecule has 0 aromatic heterocycles. The lowest BCUT2D eigenvalue weighted by Crippen LogP contribution is -1.99. The Balaban J connectivity index is 0.000000720. The average molecular weight is 160 g/mol. The highest BCUT2D eigenvalue weighted by Gasteiger charge is 2.10. The summed E-state index contributed by atoms with van der Waals surface area (Å²) in [6.07, 6.45) is 3.68. The van der Waals surface area contributed by atoms with Crippen LogP contribution >= 0.6 is 0 Å². The lowest BCUT2D eigenvalue weighted by Gasteiger charge is -2.16. The van der Waals surface area contributed by atoms with Crippen LogP contribution in [0.15, 0.2) is 30.8 Å². The summed E-state index contributed by atoms with van der Waals surface area (Å²) in [5.74, 6) is 0. The normalized spacial score (nSPS) is 14.8. The van der Waals surface area contributed by atoms with Gasteiger partial charge in [0.25, 0.3) is 0 Å². The molecular weight excluding hydrogens is 144 g/mol. The van der Waals surface area contributed by atoms with Gasteiger partial charge < -0.3 is 0 Å². The highest BCUT2D eigenvalue weighted by molar-refractivity contribution is 5.67. The van der Waals surface area contributed by atoms with Crippen molar-refractivity contribution >= 4 is 5.57 Å². The van der Waals surface area contributed by atoms with Crippen LogP contribution in [0, 0.1) is 0 Å². The van der Waals surface area contributed by atoms with Gasteiger partial charge in [-0.2, -0.15) is 0 Å². The largest absolute Gasteiger partial charge is 0.0952 e. The molecule has 1 aliphatic rings. The molecule has 0 heterocycles. The van der Waals surface area contributed by atoms with Crippen LogP contribution in [0.3, 0.4) is 0 Å². The molecule has 0 fully saturated rings. The second kappa shape index (κ2) is 3.57. The number of rotatable bonds is 0. The van der Waals surface area contributed by atoms with Crippen molar-refractivity contribution in [2.45, 2.75) is 26.7 Å². The second-order valence-electron chi connectivity index (χ2n) is 3.11. The summed E-state index contributed by atoms with van der Waals surface area (Å²) in [5.41, 5.74) is 4.18. The smallest absolute Gasteiger partial charge is 0.0198 e. The first kappa shape index (κ1) is 9.05. The first-order chi connectivity index (χ1) is 5.38. The van der Waals surface area contributed by atoms with Gasteiger partial charge in [0, 0.05) is 0 Å². The van der Waals surface area contributed by atoms with Gasteiger partial charge in [-0.25, -0.2) is 0 Å². The van der Waals surface area contributed by atoms with Gasteiger partial charge in [-0.15, -0.1) is 0 Å². The van der Waals surface area contributed by atoms with E-state index in [4.69, 9.17) is 0 Å². The zero-order valence-electron chi connectivity index (χ0n) is 6.64. The van der Waals surface area contributed by atoms with Crippen LogP contribution in [0.1, 0.15) is 31.4 Å². The van der Waals surface area contributed by atoms with Crippen LogP contribution in [0.4, 0.5) is 0 Å². The third-order valence-electron chi connectivity index (χ3n) is 2.32. The first-order valence-electron chi connectivity index (χ1n) is 4.14. The summed E-state index contributed by atoms with van der Waals surface area (Å²) in [5, 5.41) is 0. The molecule has 0 saturated carbocycles. The third kappa shape index (κ3) is 1.42. The number of hydrogen-bond donors (Lipinski definition) is 0. The molecule has 0 saturated heterocycles. The van der Waals surface area contributed by atoms with Crippen LogP contribution in [0.2, 0.25) is 0 Å². The van der Waals surface area contributed by atoms with Gasteiger partial charge in [0.1, 0.15) is 0 Å². The first-order valence-corrected chi connectivity index (χ1v) is 4.14. The van der Waals surface area contributed by atoms with E-state index in [1.807, 2.05) is 0 Å². The number of fused-ring (bicyclic) bond motifs is 1. The van der Waals surface area contributed by atoms with E-state index in [-0.39, 0.29) is 7.43 Å². The Morgan fingerprint density at radius 3 is 2.58 bits per heavy atom. The van der Waals surface area contributed by atoms with E-state index < -0.39 is 0 Å². The maximum Gasteiger partial charge on any atom is -0.0198 e. The maximum absolute atomic E-state index is 4.06. The van der Waals surface area contributed by atoms with Crippen LogP contribution in [-0.4, -0.2) is 0 Å². The van der Waals surface area contributed by atoms with E-state index >= 15 is 0 Å². The SMILES string of the molecule is C.C=C1CCCc2ccccc21. The number of allylic oxidation sites excluding steroid dienone is 1. The molecule has 0 amide bonds. The van der Waals surface area contributed by atoms with Gasteiger partial charge in [0.05, 0.1) is 0 Å². The molecular formula is C12H16. The molecule has 0 aliphatic heterocycles. The Kier molecular flexibility index (Phi) is 2.69. The van der Waals surface area contributed by atoms with E-state index in [1.54, 1.807) is 0 Å². The van der Waals surface area contributed by atoms with Gasteiger partial charge in [0.2, 0.25) is 0 Å². The predicted octanol–water partition coefficient (Wildman–Crippen LogP) is 3.67. The van der Waals surface area contributed by atoms with E-state index in [1.165, 1.54) is 36.0 Å². The number of benzene rings is 1. The molecule has 0 heteroatoms. The molecule has 1 aromatic rings. The van der Waals surface area contributed by atoms with Crippen LogP contribution in [0.5, 0.6) is 0 Å². The summed E-state index contributed by atoms with van der Waals surface area (Å²) in [6.45, 7) is 4.06. The van der Waals surface area contributed by atoms with Crippen molar-refractivity contribution in [2.75, 3.05) is 0 Å². The summed E-state index contributed by atoms with van der Waals surface area (Å²) in [6, 6.07) is 8.59. The molecule has 0 atom stereocenters. The van der Waals surface area contributed by atoms with Gasteiger partial charge in [-0.3, -0.25) is 0 Å². The Hall–Kier alpha value is -1.04. The monoisotopic (exact) mass is 160 g/mol. The van der Waals surface area contributed by atoms with Crippen molar-refractivity contribution in [3.8, 4) is 0 Å². The van der Waals surface area contributed by atoms with E-state index in [0.717, 1.165) is 0 Å². The Morgan fingerprint density at radius 2 is 1.83 bits per heavy atom. The summed E-state index contributed by atoms with van der Waals surface area (Å²) < 4.78 is 0. The van der Waals surface area contributed by atoms with Crippen LogP contribution < -0.4 is 0 Å². The molecule has 2 rings (SSSR count). The minimum Gasteiger partial charge on any atom is -0.0952 e. The molecule has 64 valence electrons. The van der Waals surface area contributed by atoms with Crippen molar-refractivity contribution in [1.29, 1.82) is 0 Å². The highest BCUT2D eigenvalue weighted by atomic mass is 14.1. The highest BCUT2D eigenvalue weighted by Crippen LogP contribution is 2.28. The molecule has 0 spiro atoms.